The summed E-state index contributed by atoms with van der Waals surface area (Å²) in [4.78, 5) is 40.7. The van der Waals surface area contributed by atoms with Gasteiger partial charge in [-0.1, -0.05) is 19.1 Å². The van der Waals surface area contributed by atoms with E-state index in [-0.39, 0.29) is 24.1 Å². The number of carbonyl (C=O) groups is 3. The lowest BCUT2D eigenvalue weighted by Crippen LogP contribution is -2.52. The summed E-state index contributed by atoms with van der Waals surface area (Å²) in [5.74, 6) is -0.723. The molecule has 7 heteroatoms. The number of hydrogen-bond donors (Lipinski definition) is 2. The number of piperidine rings is 2. The van der Waals surface area contributed by atoms with Gasteiger partial charge in [-0.3, -0.25) is 24.6 Å². The van der Waals surface area contributed by atoms with Crippen LogP contribution in [0.2, 0.25) is 0 Å². The topological polar surface area (TPSA) is 81.8 Å². The molecule has 0 saturated carbocycles. The summed E-state index contributed by atoms with van der Waals surface area (Å²) in [6.45, 7) is 6.76. The molecule has 3 aliphatic heterocycles. The van der Waals surface area contributed by atoms with E-state index in [1.165, 1.54) is 18.4 Å². The molecule has 2 saturated heterocycles. The average Bonchev–Trinajstić information content (AvgIpc) is 3.04. The minimum absolute atomic E-state index is 0.107. The Morgan fingerprint density at radius 1 is 1.14 bits per heavy atom. The van der Waals surface area contributed by atoms with Crippen LogP contribution in [0, 0.1) is 0 Å². The van der Waals surface area contributed by atoms with E-state index in [4.69, 9.17) is 0 Å². The Hall–Kier alpha value is -2.25. The molecule has 2 fully saturated rings. The highest BCUT2D eigenvalue weighted by Gasteiger charge is 2.39. The molecule has 4 rings (SSSR count). The number of nitrogens with zero attached hydrogens (tertiary/aromatic N) is 2. The minimum atomic E-state index is -0.553. The van der Waals surface area contributed by atoms with Crippen molar-refractivity contribution in [2.75, 3.05) is 19.6 Å². The van der Waals surface area contributed by atoms with E-state index in [0.717, 1.165) is 38.2 Å². The molecule has 0 radical (unpaired) electrons. The predicted octanol–water partition coefficient (Wildman–Crippen LogP) is 1.41. The number of benzene rings is 1. The molecule has 3 heterocycles. The van der Waals surface area contributed by atoms with Crippen LogP contribution in [0.15, 0.2) is 18.2 Å². The van der Waals surface area contributed by atoms with E-state index in [1.54, 1.807) is 4.90 Å². The molecule has 156 valence electrons. The van der Waals surface area contributed by atoms with Crippen molar-refractivity contribution >= 4 is 17.7 Å². The van der Waals surface area contributed by atoms with Gasteiger partial charge in [0, 0.05) is 31.1 Å². The van der Waals surface area contributed by atoms with Gasteiger partial charge in [0.2, 0.25) is 11.8 Å². The van der Waals surface area contributed by atoms with Crippen molar-refractivity contribution < 1.29 is 14.4 Å². The quantitative estimate of drug-likeness (QED) is 0.708. The van der Waals surface area contributed by atoms with Gasteiger partial charge < -0.3 is 10.2 Å². The number of hydrogen-bond acceptors (Lipinski definition) is 5. The Kier molecular flexibility index (Phi) is 5.96. The molecule has 1 aromatic rings. The van der Waals surface area contributed by atoms with E-state index >= 15 is 0 Å². The molecule has 2 N–H and O–H groups in total. The zero-order valence-electron chi connectivity index (χ0n) is 17.1. The van der Waals surface area contributed by atoms with Gasteiger partial charge in [0.05, 0.1) is 0 Å². The van der Waals surface area contributed by atoms with Gasteiger partial charge >= 0.3 is 0 Å². The number of carbonyl (C=O) groups excluding carboxylic acids is 3. The predicted molar refractivity (Wildman–Crippen MR) is 109 cm³/mol. The Bertz CT molecular complexity index is 803. The second kappa shape index (κ2) is 8.63. The van der Waals surface area contributed by atoms with Crippen LogP contribution in [0.4, 0.5) is 0 Å². The highest BCUT2D eigenvalue weighted by atomic mass is 16.2. The number of imide groups is 1. The summed E-state index contributed by atoms with van der Waals surface area (Å²) >= 11 is 0. The van der Waals surface area contributed by atoms with E-state index in [2.05, 4.69) is 34.6 Å². The molecule has 3 aliphatic rings. The number of fused-ring (bicyclic) bond motifs is 1. The highest BCUT2D eigenvalue weighted by molar-refractivity contribution is 6.05. The zero-order chi connectivity index (χ0) is 20.4. The van der Waals surface area contributed by atoms with Crippen LogP contribution in [0.1, 0.15) is 60.5 Å². The molecular weight excluding hydrogens is 368 g/mol. The molecule has 0 aliphatic carbocycles. The van der Waals surface area contributed by atoms with Crippen molar-refractivity contribution in [3.63, 3.8) is 0 Å². The zero-order valence-corrected chi connectivity index (χ0v) is 17.1. The summed E-state index contributed by atoms with van der Waals surface area (Å²) in [5, 5.41) is 5.79. The van der Waals surface area contributed by atoms with Gasteiger partial charge in [-0.05, 0) is 62.5 Å². The molecule has 1 atom stereocenters. The van der Waals surface area contributed by atoms with E-state index in [0.29, 0.717) is 24.6 Å². The van der Waals surface area contributed by atoms with Crippen LogP contribution < -0.4 is 10.6 Å². The molecule has 0 bridgehead atoms. The number of nitrogens with one attached hydrogen (secondary N) is 2. The second-order valence-electron chi connectivity index (χ2n) is 8.34. The van der Waals surface area contributed by atoms with Crippen LogP contribution >= 0.6 is 0 Å². The van der Waals surface area contributed by atoms with Gasteiger partial charge in [-0.2, -0.15) is 0 Å². The first-order chi connectivity index (χ1) is 14.1. The SMILES string of the molecule is CCCN(Cc1ccc2c(c1)CN(C1CCC(=O)NC1=O)C2=O)C1CCNCC1. The molecule has 7 nitrogen and oxygen atoms in total. The monoisotopic (exact) mass is 398 g/mol. The normalized spacial score (nSPS) is 22.9. The molecule has 1 aromatic carbocycles. The molecule has 3 amide bonds. The largest absolute Gasteiger partial charge is 0.322 e. The summed E-state index contributed by atoms with van der Waals surface area (Å²) in [6, 6.07) is 6.14. The standard InChI is InChI=1S/C22H30N4O3/c1-2-11-25(17-7-9-23-10-8-17)13-15-3-4-18-16(12-15)14-26(22(18)29)19-5-6-20(27)24-21(19)28/h3-4,12,17,19,23H,2,5-11,13-14H2,1H3,(H,24,27,28). The maximum Gasteiger partial charge on any atom is 0.255 e. The fourth-order valence-electron chi connectivity index (χ4n) is 4.81. The Labute approximate surface area is 171 Å². The lowest BCUT2D eigenvalue weighted by atomic mass is 10.0. The first-order valence-corrected chi connectivity index (χ1v) is 10.8. The average molecular weight is 399 g/mol. The Morgan fingerprint density at radius 3 is 2.66 bits per heavy atom. The van der Waals surface area contributed by atoms with Crippen molar-refractivity contribution in [1.82, 2.24) is 20.4 Å². The summed E-state index contributed by atoms with van der Waals surface area (Å²) in [7, 11) is 0. The van der Waals surface area contributed by atoms with E-state index < -0.39 is 6.04 Å². The van der Waals surface area contributed by atoms with Crippen LogP contribution in [-0.4, -0.2) is 59.2 Å². The summed E-state index contributed by atoms with van der Waals surface area (Å²) in [5.41, 5.74) is 2.88. The van der Waals surface area contributed by atoms with Crippen molar-refractivity contribution in [1.29, 1.82) is 0 Å². The van der Waals surface area contributed by atoms with Crippen LogP contribution in [-0.2, 0) is 22.7 Å². The molecular formula is C22H30N4O3. The van der Waals surface area contributed by atoms with Crippen LogP contribution in [0.3, 0.4) is 0 Å². The Balaban J connectivity index is 1.48. The third-order valence-electron chi connectivity index (χ3n) is 6.31. The molecule has 1 unspecified atom stereocenters. The fraction of sp³-hybridized carbons (Fsp3) is 0.591. The summed E-state index contributed by atoms with van der Waals surface area (Å²) < 4.78 is 0. The van der Waals surface area contributed by atoms with Gasteiger partial charge in [0.15, 0.2) is 0 Å². The third-order valence-corrected chi connectivity index (χ3v) is 6.31. The van der Waals surface area contributed by atoms with Crippen molar-refractivity contribution in [2.45, 2.75) is 64.2 Å². The fourth-order valence-corrected chi connectivity index (χ4v) is 4.81. The second-order valence-corrected chi connectivity index (χ2v) is 8.34. The maximum atomic E-state index is 12.9. The van der Waals surface area contributed by atoms with Crippen LogP contribution in [0.5, 0.6) is 0 Å². The van der Waals surface area contributed by atoms with E-state index in [9.17, 15) is 14.4 Å². The lowest BCUT2D eigenvalue weighted by Gasteiger charge is -2.34. The lowest BCUT2D eigenvalue weighted by molar-refractivity contribution is -0.136. The molecule has 29 heavy (non-hydrogen) atoms. The van der Waals surface area contributed by atoms with Crippen molar-refractivity contribution in [3.05, 3.63) is 34.9 Å². The van der Waals surface area contributed by atoms with Gasteiger partial charge in [-0.15, -0.1) is 0 Å². The van der Waals surface area contributed by atoms with E-state index in [1.807, 2.05) is 6.07 Å². The first-order valence-electron chi connectivity index (χ1n) is 10.8. The van der Waals surface area contributed by atoms with Gasteiger partial charge in [-0.25, -0.2) is 0 Å². The third kappa shape index (κ3) is 4.21. The molecule has 0 spiro atoms. The minimum Gasteiger partial charge on any atom is -0.322 e. The Morgan fingerprint density at radius 2 is 1.93 bits per heavy atom. The summed E-state index contributed by atoms with van der Waals surface area (Å²) in [6.07, 6.45) is 4.15. The smallest absolute Gasteiger partial charge is 0.255 e. The first kappa shape index (κ1) is 20.0. The van der Waals surface area contributed by atoms with Gasteiger partial charge in [0.25, 0.3) is 5.91 Å². The number of rotatable bonds is 6. The van der Waals surface area contributed by atoms with Crippen LogP contribution in [0.25, 0.3) is 0 Å². The van der Waals surface area contributed by atoms with Gasteiger partial charge in [0.1, 0.15) is 6.04 Å². The van der Waals surface area contributed by atoms with Crippen molar-refractivity contribution in [3.8, 4) is 0 Å². The molecule has 0 aromatic heterocycles. The van der Waals surface area contributed by atoms with Crippen molar-refractivity contribution in [2.24, 2.45) is 0 Å². The maximum absolute atomic E-state index is 12.9. The highest BCUT2D eigenvalue weighted by Crippen LogP contribution is 2.29. The number of amides is 3.